The van der Waals surface area contributed by atoms with E-state index in [0.717, 1.165) is 50.3 Å². The van der Waals surface area contributed by atoms with Crippen molar-refractivity contribution in [3.63, 3.8) is 0 Å². The van der Waals surface area contributed by atoms with Gasteiger partial charge in [0.1, 0.15) is 11.6 Å². The van der Waals surface area contributed by atoms with Gasteiger partial charge in [-0.15, -0.1) is 24.0 Å². The van der Waals surface area contributed by atoms with Gasteiger partial charge >= 0.3 is 0 Å². The van der Waals surface area contributed by atoms with Crippen molar-refractivity contribution in [1.82, 2.24) is 20.2 Å². The fourth-order valence-corrected chi connectivity index (χ4v) is 3.36. The average Bonchev–Trinajstić information content (AvgIpc) is 3.40. The number of aryl methyl sites for hydroxylation is 1. The number of nitrogens with zero attached hydrogens (tertiary/aromatic N) is 3. The summed E-state index contributed by atoms with van der Waals surface area (Å²) in [6.45, 7) is 7.99. The molecule has 0 amide bonds. The number of guanidine groups is 1. The normalized spacial score (nSPS) is 16.2. The molecule has 1 saturated heterocycles. The van der Waals surface area contributed by atoms with E-state index in [9.17, 15) is 4.39 Å². The predicted octanol–water partition coefficient (Wildman–Crippen LogP) is 3.58. The largest absolute Gasteiger partial charge is 0.379 e. The van der Waals surface area contributed by atoms with Crippen LogP contribution >= 0.6 is 24.0 Å². The van der Waals surface area contributed by atoms with Gasteiger partial charge in [0, 0.05) is 38.7 Å². The molecule has 0 radical (unpaired) electrons. The molecular formula is C22H33FIN5O2. The lowest BCUT2D eigenvalue weighted by molar-refractivity contribution is 0.0168. The zero-order valence-electron chi connectivity index (χ0n) is 18.3. The summed E-state index contributed by atoms with van der Waals surface area (Å²) in [5.41, 5.74) is 1.30. The molecular weight excluding hydrogens is 512 g/mol. The van der Waals surface area contributed by atoms with Crippen molar-refractivity contribution in [3.8, 4) is 5.69 Å². The molecule has 1 aromatic heterocycles. The molecule has 172 valence electrons. The number of ether oxygens (including phenoxy) is 2. The van der Waals surface area contributed by atoms with Gasteiger partial charge in [0.25, 0.3) is 0 Å². The Morgan fingerprint density at radius 1 is 1.39 bits per heavy atom. The number of halogens is 2. The van der Waals surface area contributed by atoms with E-state index in [0.29, 0.717) is 31.4 Å². The molecule has 0 aliphatic carbocycles. The van der Waals surface area contributed by atoms with E-state index in [4.69, 9.17) is 9.47 Å². The van der Waals surface area contributed by atoms with Gasteiger partial charge in [-0.3, -0.25) is 0 Å². The highest BCUT2D eigenvalue weighted by Crippen LogP contribution is 2.17. The maximum Gasteiger partial charge on any atom is 0.191 e. The molecule has 1 aliphatic heterocycles. The number of hydrogen-bond acceptors (Lipinski definition) is 4. The minimum atomic E-state index is -0.287. The molecule has 1 aromatic carbocycles. The first-order chi connectivity index (χ1) is 14.7. The third-order valence-electron chi connectivity index (χ3n) is 4.95. The Balaban J connectivity index is 0.00000341. The van der Waals surface area contributed by atoms with Crippen LogP contribution in [0.15, 0.2) is 35.6 Å². The van der Waals surface area contributed by atoms with Crippen LogP contribution in [0.4, 0.5) is 4.39 Å². The lowest BCUT2D eigenvalue weighted by atomic mass is 10.2. The fourth-order valence-electron chi connectivity index (χ4n) is 3.36. The number of aliphatic imine (C=N–C) groups is 1. The molecule has 2 N–H and O–H groups in total. The van der Waals surface area contributed by atoms with Crippen LogP contribution in [0.25, 0.3) is 5.69 Å². The number of benzene rings is 1. The van der Waals surface area contributed by atoms with Crippen LogP contribution in [0.5, 0.6) is 0 Å². The molecule has 31 heavy (non-hydrogen) atoms. The first-order valence-corrected chi connectivity index (χ1v) is 10.7. The van der Waals surface area contributed by atoms with Crippen molar-refractivity contribution < 1.29 is 13.9 Å². The lowest BCUT2D eigenvalue weighted by Crippen LogP contribution is -2.38. The predicted molar refractivity (Wildman–Crippen MR) is 131 cm³/mol. The van der Waals surface area contributed by atoms with E-state index in [1.54, 1.807) is 23.0 Å². The third kappa shape index (κ3) is 8.04. The Hall–Kier alpha value is -1.72. The van der Waals surface area contributed by atoms with Crippen LogP contribution in [0.3, 0.4) is 0 Å². The van der Waals surface area contributed by atoms with Gasteiger partial charge in [-0.2, -0.15) is 0 Å². The lowest BCUT2D eigenvalue weighted by Gasteiger charge is -2.13. The first kappa shape index (κ1) is 25.5. The summed E-state index contributed by atoms with van der Waals surface area (Å²) >= 11 is 0. The zero-order valence-corrected chi connectivity index (χ0v) is 20.6. The Morgan fingerprint density at radius 3 is 2.94 bits per heavy atom. The Bertz CT molecular complexity index is 824. The fraction of sp³-hybridized carbons (Fsp3) is 0.545. The molecule has 1 aliphatic rings. The van der Waals surface area contributed by atoms with Crippen LogP contribution in [-0.2, 0) is 16.0 Å². The van der Waals surface area contributed by atoms with Crippen LogP contribution in [0, 0.1) is 12.7 Å². The van der Waals surface area contributed by atoms with Gasteiger partial charge in [0.15, 0.2) is 5.96 Å². The summed E-state index contributed by atoms with van der Waals surface area (Å²) in [4.78, 5) is 8.71. The number of hydrogen-bond donors (Lipinski definition) is 2. The summed E-state index contributed by atoms with van der Waals surface area (Å²) in [7, 11) is 0. The highest BCUT2D eigenvalue weighted by atomic mass is 127. The molecule has 3 rings (SSSR count). The maximum absolute atomic E-state index is 14.5. The second-order valence-electron chi connectivity index (χ2n) is 7.32. The van der Waals surface area contributed by atoms with E-state index in [1.807, 2.05) is 19.9 Å². The molecule has 1 fully saturated rings. The Labute approximate surface area is 200 Å². The molecule has 0 saturated carbocycles. The molecule has 0 spiro atoms. The summed E-state index contributed by atoms with van der Waals surface area (Å²) in [6.07, 6.45) is 6.79. The second kappa shape index (κ2) is 13.6. The van der Waals surface area contributed by atoms with Crippen LogP contribution in [-0.4, -0.2) is 54.5 Å². The monoisotopic (exact) mass is 545 g/mol. The summed E-state index contributed by atoms with van der Waals surface area (Å²) in [5.74, 6) is 1.18. The maximum atomic E-state index is 14.5. The minimum Gasteiger partial charge on any atom is -0.379 e. The molecule has 2 heterocycles. The van der Waals surface area contributed by atoms with E-state index in [-0.39, 0.29) is 35.9 Å². The van der Waals surface area contributed by atoms with Crippen LogP contribution in [0.1, 0.15) is 37.6 Å². The Kier molecular flexibility index (Phi) is 11.2. The van der Waals surface area contributed by atoms with Gasteiger partial charge in [0.2, 0.25) is 0 Å². The summed E-state index contributed by atoms with van der Waals surface area (Å²) < 4.78 is 27.5. The molecule has 9 heteroatoms. The van der Waals surface area contributed by atoms with Gasteiger partial charge in [-0.05, 0) is 50.8 Å². The van der Waals surface area contributed by atoms with E-state index < -0.39 is 0 Å². The number of imidazole rings is 1. The smallest absolute Gasteiger partial charge is 0.191 e. The van der Waals surface area contributed by atoms with Crippen molar-refractivity contribution in [1.29, 1.82) is 0 Å². The number of nitrogens with one attached hydrogen (secondary N) is 2. The standard InChI is InChI=1S/C22H32FN5O2.HI/c1-3-24-22(26-9-5-12-29-16-19-6-4-13-30-19)27-15-18-7-8-21(20(23)14-18)28-11-10-25-17(28)2;/h7-8,10-11,14,19H,3-6,9,12-13,15-16H2,1-2H3,(H2,24,26,27);1H. The van der Waals surface area contributed by atoms with E-state index >= 15 is 0 Å². The topological polar surface area (TPSA) is 72.7 Å². The van der Waals surface area contributed by atoms with Crippen molar-refractivity contribution in [2.45, 2.75) is 45.8 Å². The van der Waals surface area contributed by atoms with Gasteiger partial charge in [-0.25, -0.2) is 14.4 Å². The van der Waals surface area contributed by atoms with Gasteiger partial charge < -0.3 is 24.7 Å². The SMILES string of the molecule is CCNC(=NCc1ccc(-n2ccnc2C)c(F)c1)NCCCOCC1CCCO1.I. The summed E-state index contributed by atoms with van der Waals surface area (Å²) in [5, 5.41) is 6.51. The highest BCUT2D eigenvalue weighted by molar-refractivity contribution is 14.0. The minimum absolute atomic E-state index is 0. The summed E-state index contributed by atoms with van der Waals surface area (Å²) in [6, 6.07) is 5.19. The number of aromatic nitrogens is 2. The van der Waals surface area contributed by atoms with Gasteiger partial charge in [-0.1, -0.05) is 6.07 Å². The molecule has 1 unspecified atom stereocenters. The van der Waals surface area contributed by atoms with Crippen molar-refractivity contribution in [2.24, 2.45) is 4.99 Å². The first-order valence-electron chi connectivity index (χ1n) is 10.7. The second-order valence-corrected chi connectivity index (χ2v) is 7.32. The van der Waals surface area contributed by atoms with E-state index in [1.165, 1.54) is 6.07 Å². The molecule has 7 nitrogen and oxygen atoms in total. The van der Waals surface area contributed by atoms with Crippen molar-refractivity contribution in [2.75, 3.05) is 32.9 Å². The number of rotatable bonds is 10. The molecule has 2 aromatic rings. The van der Waals surface area contributed by atoms with Crippen LogP contribution in [0.2, 0.25) is 0 Å². The molecule has 1 atom stereocenters. The van der Waals surface area contributed by atoms with Gasteiger partial charge in [0.05, 0.1) is 24.9 Å². The Morgan fingerprint density at radius 2 is 2.26 bits per heavy atom. The third-order valence-corrected chi connectivity index (χ3v) is 4.95. The van der Waals surface area contributed by atoms with E-state index in [2.05, 4.69) is 20.6 Å². The average molecular weight is 545 g/mol. The quantitative estimate of drug-likeness (QED) is 0.207. The highest BCUT2D eigenvalue weighted by Gasteiger charge is 2.15. The van der Waals surface area contributed by atoms with Crippen molar-refractivity contribution >= 4 is 29.9 Å². The van der Waals surface area contributed by atoms with Crippen molar-refractivity contribution in [3.05, 3.63) is 47.8 Å². The zero-order chi connectivity index (χ0) is 21.2. The van der Waals surface area contributed by atoms with Crippen LogP contribution < -0.4 is 10.6 Å². The molecule has 0 bridgehead atoms.